The molecule has 1 aliphatic rings. The van der Waals surface area contributed by atoms with Crippen molar-refractivity contribution in [1.29, 1.82) is 0 Å². The van der Waals surface area contributed by atoms with Crippen molar-refractivity contribution in [2.24, 2.45) is 5.41 Å². The molecule has 1 unspecified atom stereocenters. The van der Waals surface area contributed by atoms with E-state index in [-0.39, 0.29) is 18.0 Å². The highest BCUT2D eigenvalue weighted by Gasteiger charge is 2.36. The van der Waals surface area contributed by atoms with Gasteiger partial charge in [-0.05, 0) is 24.3 Å². The van der Waals surface area contributed by atoms with Gasteiger partial charge in [0.05, 0.1) is 23.8 Å². The molecule has 0 saturated heterocycles. The van der Waals surface area contributed by atoms with Crippen molar-refractivity contribution < 1.29 is 9.90 Å². The van der Waals surface area contributed by atoms with E-state index in [1.165, 1.54) is 0 Å². The summed E-state index contributed by atoms with van der Waals surface area (Å²) in [6, 6.07) is 7.98. The van der Waals surface area contributed by atoms with Crippen LogP contribution in [0.2, 0.25) is 0 Å². The number of aliphatic carboxylic acids is 1. The molecule has 6 heteroatoms. The lowest BCUT2D eigenvalue weighted by Gasteiger charge is -2.35. The van der Waals surface area contributed by atoms with E-state index in [1.807, 2.05) is 32.0 Å². The summed E-state index contributed by atoms with van der Waals surface area (Å²) in [4.78, 5) is 18.1. The molecular weight excluding hydrogens is 328 g/mol. The lowest BCUT2D eigenvalue weighted by Crippen LogP contribution is -2.42. The van der Waals surface area contributed by atoms with Crippen LogP contribution in [-0.4, -0.2) is 28.8 Å². The number of nitrogens with zero attached hydrogens (tertiary/aromatic N) is 2. The first-order valence-corrected chi connectivity index (χ1v) is 9.25. The van der Waals surface area contributed by atoms with Crippen molar-refractivity contribution in [2.75, 3.05) is 22.5 Å². The minimum absolute atomic E-state index is 0.105. The maximum Gasteiger partial charge on any atom is 0.303 e. The number of nitrogens with two attached hydrogens (primary N) is 1. The Kier molecular flexibility index (Phi) is 4.94. The Balaban J connectivity index is 2.06. The van der Waals surface area contributed by atoms with Crippen molar-refractivity contribution in [2.45, 2.75) is 52.6 Å². The van der Waals surface area contributed by atoms with Gasteiger partial charge < -0.3 is 21.1 Å². The smallest absolute Gasteiger partial charge is 0.303 e. The van der Waals surface area contributed by atoms with Gasteiger partial charge in [-0.3, -0.25) is 4.79 Å². The highest BCUT2D eigenvalue weighted by Crippen LogP contribution is 2.45. The topological polar surface area (TPSA) is 91.5 Å². The molecule has 0 saturated carbocycles. The molecule has 2 heterocycles. The highest BCUT2D eigenvalue weighted by atomic mass is 16.4. The molecule has 1 atom stereocenters. The molecule has 4 N–H and O–H groups in total. The van der Waals surface area contributed by atoms with Crippen LogP contribution in [0.3, 0.4) is 0 Å². The third-order valence-electron chi connectivity index (χ3n) is 4.93. The number of carbonyl (C=O) groups is 1. The number of anilines is 3. The van der Waals surface area contributed by atoms with Crippen molar-refractivity contribution in [3.63, 3.8) is 0 Å². The molecule has 0 bridgehead atoms. The van der Waals surface area contributed by atoms with Gasteiger partial charge in [0.2, 0.25) is 0 Å². The SMILES string of the molecule is CCCCC1Nc2c(N)nc3ccccc3c2N1CC(C)(C)CC(=O)O. The third-order valence-corrected chi connectivity index (χ3v) is 4.93. The first-order valence-electron chi connectivity index (χ1n) is 9.25. The van der Waals surface area contributed by atoms with Crippen LogP contribution in [0, 0.1) is 5.41 Å². The van der Waals surface area contributed by atoms with Crippen LogP contribution in [0.5, 0.6) is 0 Å². The van der Waals surface area contributed by atoms with Gasteiger partial charge in [-0.2, -0.15) is 0 Å². The van der Waals surface area contributed by atoms with Crippen LogP contribution in [0.1, 0.15) is 46.5 Å². The summed E-state index contributed by atoms with van der Waals surface area (Å²) < 4.78 is 0. The molecule has 140 valence electrons. The summed E-state index contributed by atoms with van der Waals surface area (Å²) in [6.07, 6.45) is 3.40. The number of carboxylic acid groups (broad SMARTS) is 1. The van der Waals surface area contributed by atoms with Gasteiger partial charge in [0.1, 0.15) is 11.5 Å². The number of nitrogen functional groups attached to an aromatic ring is 1. The zero-order chi connectivity index (χ0) is 18.9. The largest absolute Gasteiger partial charge is 0.481 e. The Morgan fingerprint density at radius 1 is 1.38 bits per heavy atom. The minimum Gasteiger partial charge on any atom is -0.481 e. The Hall–Kier alpha value is -2.50. The van der Waals surface area contributed by atoms with Crippen LogP contribution in [0.15, 0.2) is 24.3 Å². The van der Waals surface area contributed by atoms with E-state index in [2.05, 4.69) is 28.2 Å². The molecule has 0 spiro atoms. The zero-order valence-corrected chi connectivity index (χ0v) is 15.7. The van der Waals surface area contributed by atoms with E-state index >= 15 is 0 Å². The van der Waals surface area contributed by atoms with Crippen molar-refractivity contribution in [3.8, 4) is 0 Å². The molecule has 0 aliphatic carbocycles. The molecule has 0 fully saturated rings. The summed E-state index contributed by atoms with van der Waals surface area (Å²) in [7, 11) is 0. The van der Waals surface area contributed by atoms with Crippen LogP contribution in [-0.2, 0) is 4.79 Å². The molecule has 1 aromatic heterocycles. The molecule has 26 heavy (non-hydrogen) atoms. The van der Waals surface area contributed by atoms with Gasteiger partial charge in [0.25, 0.3) is 0 Å². The number of hydrogen-bond donors (Lipinski definition) is 3. The van der Waals surface area contributed by atoms with Crippen LogP contribution >= 0.6 is 0 Å². The number of benzene rings is 1. The maximum absolute atomic E-state index is 11.3. The minimum atomic E-state index is -0.772. The van der Waals surface area contributed by atoms with Crippen LogP contribution < -0.4 is 16.0 Å². The fourth-order valence-corrected chi connectivity index (χ4v) is 3.80. The fourth-order valence-electron chi connectivity index (χ4n) is 3.80. The fraction of sp³-hybridized carbons (Fsp3) is 0.500. The number of hydrogen-bond acceptors (Lipinski definition) is 5. The Morgan fingerprint density at radius 2 is 2.12 bits per heavy atom. The Labute approximate surface area is 154 Å². The molecule has 0 amide bonds. The molecular formula is C20H28N4O2. The van der Waals surface area contributed by atoms with Gasteiger partial charge in [0, 0.05) is 11.9 Å². The second-order valence-electron chi connectivity index (χ2n) is 7.90. The normalized spacial score (nSPS) is 16.6. The van der Waals surface area contributed by atoms with E-state index in [4.69, 9.17) is 5.73 Å². The first kappa shape index (κ1) is 18.3. The number of rotatable bonds is 7. The predicted octanol–water partition coefficient (Wildman–Crippen LogP) is 4.07. The summed E-state index contributed by atoms with van der Waals surface area (Å²) >= 11 is 0. The summed E-state index contributed by atoms with van der Waals surface area (Å²) in [5.41, 5.74) is 8.66. The predicted molar refractivity (Wildman–Crippen MR) is 106 cm³/mol. The number of unbranched alkanes of at least 4 members (excludes halogenated alkanes) is 1. The number of carboxylic acids is 1. The van der Waals surface area contributed by atoms with Crippen molar-refractivity contribution >= 4 is 34.1 Å². The summed E-state index contributed by atoms with van der Waals surface area (Å²) in [5.74, 6) is -0.273. The highest BCUT2D eigenvalue weighted by molar-refractivity contribution is 6.04. The molecule has 3 rings (SSSR count). The molecule has 6 nitrogen and oxygen atoms in total. The van der Waals surface area contributed by atoms with Gasteiger partial charge >= 0.3 is 5.97 Å². The number of nitrogens with one attached hydrogen (secondary N) is 1. The van der Waals surface area contributed by atoms with Gasteiger partial charge in [0.15, 0.2) is 0 Å². The average molecular weight is 356 g/mol. The number of fused-ring (bicyclic) bond motifs is 3. The maximum atomic E-state index is 11.3. The van der Waals surface area contributed by atoms with Gasteiger partial charge in [-0.1, -0.05) is 45.4 Å². The molecule has 0 radical (unpaired) electrons. The van der Waals surface area contributed by atoms with Crippen LogP contribution in [0.25, 0.3) is 10.9 Å². The van der Waals surface area contributed by atoms with E-state index in [0.717, 1.165) is 41.5 Å². The Morgan fingerprint density at radius 3 is 2.81 bits per heavy atom. The van der Waals surface area contributed by atoms with E-state index in [1.54, 1.807) is 0 Å². The van der Waals surface area contributed by atoms with Crippen molar-refractivity contribution in [3.05, 3.63) is 24.3 Å². The monoisotopic (exact) mass is 356 g/mol. The molecule has 1 aliphatic heterocycles. The van der Waals surface area contributed by atoms with Crippen molar-refractivity contribution in [1.82, 2.24) is 4.98 Å². The van der Waals surface area contributed by atoms with Gasteiger partial charge in [-0.25, -0.2) is 4.98 Å². The summed E-state index contributed by atoms with van der Waals surface area (Å²) in [6.45, 7) is 6.82. The molecule has 1 aromatic carbocycles. The lowest BCUT2D eigenvalue weighted by molar-refractivity contribution is -0.139. The van der Waals surface area contributed by atoms with Gasteiger partial charge in [-0.15, -0.1) is 0 Å². The van der Waals surface area contributed by atoms with E-state index < -0.39 is 5.97 Å². The zero-order valence-electron chi connectivity index (χ0n) is 15.7. The first-order chi connectivity index (χ1) is 12.3. The number of aromatic nitrogens is 1. The third kappa shape index (κ3) is 3.54. The Bertz CT molecular complexity index is 819. The number of para-hydroxylation sites is 1. The second kappa shape index (κ2) is 7.02. The second-order valence-corrected chi connectivity index (χ2v) is 7.90. The standard InChI is InChI=1S/C20H28N4O2/c1-4-5-10-15-23-17-18(24(15)12-20(2,3)11-16(25)26)13-8-6-7-9-14(13)22-19(17)21/h6-9,15,23H,4-5,10-12H2,1-3H3,(H2,21,22)(H,25,26). The quantitative estimate of drug-likeness (QED) is 0.693. The number of pyridine rings is 1. The summed E-state index contributed by atoms with van der Waals surface area (Å²) in [5, 5.41) is 13.9. The van der Waals surface area contributed by atoms with E-state index in [0.29, 0.717) is 12.4 Å². The average Bonchev–Trinajstić information content (AvgIpc) is 2.90. The van der Waals surface area contributed by atoms with Crippen LogP contribution in [0.4, 0.5) is 17.2 Å². The van der Waals surface area contributed by atoms with E-state index in [9.17, 15) is 9.90 Å². The lowest BCUT2D eigenvalue weighted by atomic mass is 9.88. The molecule has 2 aromatic rings.